The number of hydrazone groups is 1. The van der Waals surface area contributed by atoms with E-state index in [4.69, 9.17) is 5.73 Å². The summed E-state index contributed by atoms with van der Waals surface area (Å²) in [4.78, 5) is 11.9. The number of nitrogen functional groups attached to an aromatic ring is 1. The summed E-state index contributed by atoms with van der Waals surface area (Å²) in [5.74, 6) is -0.322. The maximum absolute atomic E-state index is 11.9. The van der Waals surface area contributed by atoms with E-state index in [2.05, 4.69) is 10.5 Å². The second kappa shape index (κ2) is 7.05. The molecule has 0 atom stereocenters. The van der Waals surface area contributed by atoms with Crippen molar-refractivity contribution in [3.63, 3.8) is 0 Å². The van der Waals surface area contributed by atoms with E-state index < -0.39 is 0 Å². The molecule has 2 aromatic carbocycles. The van der Waals surface area contributed by atoms with Gasteiger partial charge in [0.25, 0.3) is 5.91 Å². The van der Waals surface area contributed by atoms with Gasteiger partial charge in [-0.1, -0.05) is 48.5 Å². The lowest BCUT2D eigenvalue weighted by Crippen LogP contribution is -2.18. The summed E-state index contributed by atoms with van der Waals surface area (Å²) in [6.07, 6.45) is 3.58. The zero-order chi connectivity index (χ0) is 15.1. The highest BCUT2D eigenvalue weighted by Gasteiger charge is 2.06. The van der Waals surface area contributed by atoms with E-state index in [1.54, 1.807) is 30.5 Å². The summed E-state index contributed by atoms with van der Waals surface area (Å²) in [5.41, 5.74) is 11.1. The van der Waals surface area contributed by atoms with Gasteiger partial charge in [-0.05, 0) is 30.2 Å². The van der Waals surface area contributed by atoms with Crippen molar-refractivity contribution in [1.82, 2.24) is 5.43 Å². The zero-order valence-corrected chi connectivity index (χ0v) is 11.8. The molecule has 0 aliphatic heterocycles. The highest BCUT2D eigenvalue weighted by atomic mass is 16.2. The van der Waals surface area contributed by atoms with E-state index in [-0.39, 0.29) is 5.91 Å². The fourth-order valence-electron chi connectivity index (χ4n) is 1.81. The Bertz CT molecular complexity index is 675. The molecule has 4 nitrogen and oxygen atoms in total. The Kier molecular flexibility index (Phi) is 4.88. The fraction of sp³-hybridized carbons (Fsp3) is 0.0588. The minimum Gasteiger partial charge on any atom is -0.398 e. The van der Waals surface area contributed by atoms with Crippen molar-refractivity contribution in [2.24, 2.45) is 5.10 Å². The van der Waals surface area contributed by atoms with Crippen molar-refractivity contribution in [3.05, 3.63) is 71.3 Å². The van der Waals surface area contributed by atoms with Gasteiger partial charge in [-0.2, -0.15) is 5.10 Å². The lowest BCUT2D eigenvalue weighted by molar-refractivity contribution is 0.0956. The van der Waals surface area contributed by atoms with E-state index in [0.29, 0.717) is 11.3 Å². The van der Waals surface area contributed by atoms with Crippen LogP contribution in [0.2, 0.25) is 0 Å². The van der Waals surface area contributed by atoms with Gasteiger partial charge >= 0.3 is 0 Å². The quantitative estimate of drug-likeness (QED) is 0.513. The van der Waals surface area contributed by atoms with E-state index >= 15 is 0 Å². The molecule has 2 rings (SSSR count). The van der Waals surface area contributed by atoms with Gasteiger partial charge in [0.2, 0.25) is 0 Å². The molecular formula is C17H17N3O. The maximum atomic E-state index is 11.9. The minimum atomic E-state index is -0.322. The van der Waals surface area contributed by atoms with Gasteiger partial charge in [0, 0.05) is 5.69 Å². The Morgan fingerprint density at radius 3 is 2.48 bits per heavy atom. The van der Waals surface area contributed by atoms with Gasteiger partial charge in [-0.15, -0.1) is 0 Å². The molecule has 0 saturated heterocycles. The van der Waals surface area contributed by atoms with Gasteiger partial charge in [0.1, 0.15) is 0 Å². The van der Waals surface area contributed by atoms with Crippen LogP contribution in [0.1, 0.15) is 22.8 Å². The molecule has 1 amide bonds. The Morgan fingerprint density at radius 1 is 1.10 bits per heavy atom. The molecule has 0 unspecified atom stereocenters. The van der Waals surface area contributed by atoms with Gasteiger partial charge in [0.05, 0.1) is 11.8 Å². The third-order valence-corrected chi connectivity index (χ3v) is 2.83. The Labute approximate surface area is 124 Å². The maximum Gasteiger partial charge on any atom is 0.273 e. The summed E-state index contributed by atoms with van der Waals surface area (Å²) in [5, 5.41) is 3.94. The molecule has 0 fully saturated rings. The second-order valence-corrected chi connectivity index (χ2v) is 4.59. The number of rotatable bonds is 4. The van der Waals surface area contributed by atoms with Crippen molar-refractivity contribution in [2.45, 2.75) is 6.92 Å². The first kappa shape index (κ1) is 14.5. The number of hydrogen-bond acceptors (Lipinski definition) is 3. The van der Waals surface area contributed by atoms with Crippen molar-refractivity contribution in [1.29, 1.82) is 0 Å². The van der Waals surface area contributed by atoms with E-state index in [9.17, 15) is 4.79 Å². The summed E-state index contributed by atoms with van der Waals surface area (Å²) in [6.45, 7) is 1.92. The normalized spacial score (nSPS) is 11.6. The molecule has 0 aliphatic carbocycles. The molecule has 0 saturated carbocycles. The van der Waals surface area contributed by atoms with Crippen molar-refractivity contribution >= 4 is 23.9 Å². The largest absolute Gasteiger partial charge is 0.398 e. The molecule has 106 valence electrons. The van der Waals surface area contributed by atoms with Crippen LogP contribution in [0.15, 0.2) is 65.3 Å². The lowest BCUT2D eigenvalue weighted by Gasteiger charge is -2.02. The molecule has 0 aliphatic rings. The predicted molar refractivity (Wildman–Crippen MR) is 86.9 cm³/mol. The Balaban J connectivity index is 1.98. The first-order chi connectivity index (χ1) is 10.2. The number of amides is 1. The van der Waals surface area contributed by atoms with Crippen molar-refractivity contribution in [3.8, 4) is 0 Å². The highest BCUT2D eigenvalue weighted by molar-refractivity contribution is 5.99. The SMILES string of the molecule is C/C(C=NNC(=O)c1ccccc1N)=C\c1ccccc1. The topological polar surface area (TPSA) is 67.5 Å². The molecule has 21 heavy (non-hydrogen) atoms. The first-order valence-corrected chi connectivity index (χ1v) is 6.58. The number of nitrogens with one attached hydrogen (secondary N) is 1. The molecule has 0 spiro atoms. The number of carbonyl (C=O) groups excluding carboxylic acids is 1. The molecular weight excluding hydrogens is 262 g/mol. The van der Waals surface area contributed by atoms with E-state index in [0.717, 1.165) is 11.1 Å². The molecule has 4 heteroatoms. The van der Waals surface area contributed by atoms with Crippen molar-refractivity contribution < 1.29 is 4.79 Å². The van der Waals surface area contributed by atoms with Crippen LogP contribution in [0.3, 0.4) is 0 Å². The molecule has 0 bridgehead atoms. The first-order valence-electron chi connectivity index (χ1n) is 6.58. The zero-order valence-electron chi connectivity index (χ0n) is 11.8. The summed E-state index contributed by atoms with van der Waals surface area (Å²) in [7, 11) is 0. The Hall–Kier alpha value is -2.88. The Morgan fingerprint density at radius 2 is 1.76 bits per heavy atom. The van der Waals surface area contributed by atoms with Crippen LogP contribution >= 0.6 is 0 Å². The van der Waals surface area contributed by atoms with Gasteiger partial charge in [-0.3, -0.25) is 4.79 Å². The van der Waals surface area contributed by atoms with E-state index in [1.807, 2.05) is 43.3 Å². The number of nitrogens with two attached hydrogens (primary N) is 1. The van der Waals surface area contributed by atoms with Gasteiger partial charge < -0.3 is 5.73 Å². The minimum absolute atomic E-state index is 0.322. The number of benzene rings is 2. The third kappa shape index (κ3) is 4.31. The average Bonchev–Trinajstić information content (AvgIpc) is 2.48. The molecule has 0 aromatic heterocycles. The number of carbonyl (C=O) groups is 1. The number of anilines is 1. The highest BCUT2D eigenvalue weighted by Crippen LogP contribution is 2.09. The number of nitrogens with zero attached hydrogens (tertiary/aromatic N) is 1. The van der Waals surface area contributed by atoms with Crippen LogP contribution in [0.4, 0.5) is 5.69 Å². The summed E-state index contributed by atoms with van der Waals surface area (Å²) in [6, 6.07) is 16.8. The predicted octanol–water partition coefficient (Wildman–Crippen LogP) is 3.09. The lowest BCUT2D eigenvalue weighted by atomic mass is 10.1. The van der Waals surface area contributed by atoms with Crippen molar-refractivity contribution in [2.75, 3.05) is 5.73 Å². The van der Waals surface area contributed by atoms with Gasteiger partial charge in [-0.25, -0.2) is 5.43 Å². The smallest absolute Gasteiger partial charge is 0.273 e. The summed E-state index contributed by atoms with van der Waals surface area (Å²) < 4.78 is 0. The van der Waals surface area contributed by atoms with E-state index in [1.165, 1.54) is 0 Å². The van der Waals surface area contributed by atoms with Crippen LogP contribution in [0.25, 0.3) is 6.08 Å². The average molecular weight is 279 g/mol. The number of allylic oxidation sites excluding steroid dienone is 1. The summed E-state index contributed by atoms with van der Waals surface area (Å²) >= 11 is 0. The molecule has 0 radical (unpaired) electrons. The molecule has 3 N–H and O–H groups in total. The standard InChI is InChI=1S/C17H17N3O/c1-13(11-14-7-3-2-4-8-14)12-19-20-17(21)15-9-5-6-10-16(15)18/h2-12H,18H2,1H3,(H,20,21)/b13-11+,19-12?. The van der Waals surface area contributed by atoms with Gasteiger partial charge in [0.15, 0.2) is 0 Å². The van der Waals surface area contributed by atoms with Crippen LogP contribution in [0.5, 0.6) is 0 Å². The van der Waals surface area contributed by atoms with Crippen LogP contribution in [-0.4, -0.2) is 12.1 Å². The van der Waals surface area contributed by atoms with Crippen LogP contribution < -0.4 is 11.2 Å². The van der Waals surface area contributed by atoms with Crippen LogP contribution in [0, 0.1) is 0 Å². The fourth-order valence-corrected chi connectivity index (χ4v) is 1.81. The van der Waals surface area contributed by atoms with Crippen LogP contribution in [-0.2, 0) is 0 Å². The number of para-hydroxylation sites is 1. The molecule has 0 heterocycles. The monoisotopic (exact) mass is 279 g/mol. The number of hydrogen-bond donors (Lipinski definition) is 2. The molecule has 2 aromatic rings. The third-order valence-electron chi connectivity index (χ3n) is 2.83. The second-order valence-electron chi connectivity index (χ2n) is 4.59.